The van der Waals surface area contributed by atoms with Gasteiger partial charge in [0.15, 0.2) is 0 Å². The summed E-state index contributed by atoms with van der Waals surface area (Å²) < 4.78 is 1.62. The Bertz CT molecular complexity index is 1050. The van der Waals surface area contributed by atoms with Gasteiger partial charge in [-0.15, -0.1) is 0 Å². The molecule has 0 radical (unpaired) electrons. The van der Waals surface area contributed by atoms with Crippen LogP contribution in [0.2, 0.25) is 0 Å². The van der Waals surface area contributed by atoms with Crippen LogP contribution in [0.25, 0.3) is 11.0 Å². The molecule has 1 aromatic heterocycles. The number of rotatable bonds is 4. The Morgan fingerprint density at radius 2 is 1.77 bits per heavy atom. The monoisotopic (exact) mass is 347 g/mol. The third-order valence-corrected chi connectivity index (χ3v) is 5.06. The van der Waals surface area contributed by atoms with Crippen molar-refractivity contribution in [1.29, 1.82) is 0 Å². The average Bonchev–Trinajstić information content (AvgIpc) is 2.92. The van der Waals surface area contributed by atoms with Crippen LogP contribution in [0.1, 0.15) is 30.5 Å². The van der Waals surface area contributed by atoms with Gasteiger partial charge in [-0.3, -0.25) is 9.59 Å². The summed E-state index contributed by atoms with van der Waals surface area (Å²) in [6, 6.07) is 15.4. The molecule has 132 valence electrons. The first-order valence-corrected chi connectivity index (χ1v) is 8.96. The number of anilines is 1. The highest BCUT2D eigenvalue weighted by atomic mass is 16.2. The Hall–Kier alpha value is -2.95. The zero-order chi connectivity index (χ0) is 18.3. The van der Waals surface area contributed by atoms with Gasteiger partial charge in [0.25, 0.3) is 5.56 Å². The summed E-state index contributed by atoms with van der Waals surface area (Å²) in [5.41, 5.74) is 3.83. The van der Waals surface area contributed by atoms with Gasteiger partial charge >= 0.3 is 0 Å². The summed E-state index contributed by atoms with van der Waals surface area (Å²) in [4.78, 5) is 32.2. The number of amides is 1. The molecule has 0 N–H and O–H groups in total. The Balaban J connectivity index is 1.78. The maximum atomic E-state index is 13.0. The van der Waals surface area contributed by atoms with Crippen molar-refractivity contribution in [3.63, 3.8) is 0 Å². The van der Waals surface area contributed by atoms with Crippen molar-refractivity contribution < 1.29 is 4.79 Å². The number of benzene rings is 2. The van der Waals surface area contributed by atoms with Crippen LogP contribution < -0.4 is 10.5 Å². The van der Waals surface area contributed by atoms with E-state index >= 15 is 0 Å². The Labute approximate surface area is 151 Å². The second-order valence-electron chi connectivity index (χ2n) is 6.72. The van der Waals surface area contributed by atoms with Crippen molar-refractivity contribution in [3.8, 4) is 0 Å². The second-order valence-corrected chi connectivity index (χ2v) is 6.72. The highest BCUT2D eigenvalue weighted by Crippen LogP contribution is 2.38. The maximum Gasteiger partial charge on any atom is 0.272 e. The van der Waals surface area contributed by atoms with Crippen molar-refractivity contribution in [2.75, 3.05) is 11.4 Å². The molecule has 0 saturated heterocycles. The number of nitrogens with zero attached hydrogens (tertiary/aromatic N) is 3. The van der Waals surface area contributed by atoms with Gasteiger partial charge in [-0.1, -0.05) is 37.3 Å². The van der Waals surface area contributed by atoms with Crippen molar-refractivity contribution >= 4 is 22.6 Å². The van der Waals surface area contributed by atoms with Gasteiger partial charge in [-0.25, -0.2) is 4.98 Å². The minimum absolute atomic E-state index is 0.0602. The molecule has 0 aliphatic carbocycles. The Morgan fingerprint density at radius 1 is 1.04 bits per heavy atom. The summed E-state index contributed by atoms with van der Waals surface area (Å²) in [6.45, 7) is 2.75. The molecule has 3 aromatic rings. The van der Waals surface area contributed by atoms with Crippen LogP contribution in [0.15, 0.2) is 53.3 Å². The number of fused-ring (bicyclic) bond motifs is 2. The van der Waals surface area contributed by atoms with E-state index in [-0.39, 0.29) is 17.4 Å². The molecule has 0 bridgehead atoms. The SMILES string of the molecule is CCCN1C(=O)C(Cc2nc3ccccc3n(C)c2=O)c2ccccc21. The van der Waals surface area contributed by atoms with E-state index in [9.17, 15) is 9.59 Å². The van der Waals surface area contributed by atoms with Gasteiger partial charge in [0.1, 0.15) is 5.69 Å². The predicted octanol–water partition coefficient (Wildman–Crippen LogP) is 3.02. The largest absolute Gasteiger partial charge is 0.312 e. The highest BCUT2D eigenvalue weighted by Gasteiger charge is 2.37. The van der Waals surface area contributed by atoms with Crippen molar-refractivity contribution in [2.45, 2.75) is 25.7 Å². The first-order valence-electron chi connectivity index (χ1n) is 8.96. The summed E-state index contributed by atoms with van der Waals surface area (Å²) in [5, 5.41) is 0. The second kappa shape index (κ2) is 6.41. The van der Waals surface area contributed by atoms with Crippen molar-refractivity contribution in [3.05, 3.63) is 70.1 Å². The molecular formula is C21H21N3O2. The smallest absolute Gasteiger partial charge is 0.272 e. The fourth-order valence-electron chi connectivity index (χ4n) is 3.78. The van der Waals surface area contributed by atoms with E-state index in [0.29, 0.717) is 18.7 Å². The lowest BCUT2D eigenvalue weighted by molar-refractivity contribution is -0.119. The maximum absolute atomic E-state index is 13.0. The standard InChI is InChI=1S/C21H21N3O2/c1-3-12-24-18-10-6-4-8-14(18)15(20(24)25)13-17-21(26)23(2)19-11-7-5-9-16(19)22-17/h4-11,15H,3,12-13H2,1-2H3. The molecule has 1 aliphatic rings. The molecule has 1 atom stereocenters. The lowest BCUT2D eigenvalue weighted by atomic mass is 9.95. The van der Waals surface area contributed by atoms with Crippen LogP contribution in [-0.2, 0) is 18.3 Å². The van der Waals surface area contributed by atoms with Crippen LogP contribution in [0.3, 0.4) is 0 Å². The van der Waals surface area contributed by atoms with E-state index in [1.807, 2.05) is 53.4 Å². The lowest BCUT2D eigenvalue weighted by Gasteiger charge is -2.17. The van der Waals surface area contributed by atoms with Crippen molar-refractivity contribution in [2.24, 2.45) is 7.05 Å². The normalized spacial score (nSPS) is 16.3. The first-order chi connectivity index (χ1) is 12.6. The molecule has 1 unspecified atom stereocenters. The minimum Gasteiger partial charge on any atom is -0.312 e. The van der Waals surface area contributed by atoms with Gasteiger partial charge in [0.05, 0.1) is 17.0 Å². The van der Waals surface area contributed by atoms with E-state index in [0.717, 1.165) is 28.7 Å². The van der Waals surface area contributed by atoms with Gasteiger partial charge < -0.3 is 9.47 Å². The van der Waals surface area contributed by atoms with Crippen LogP contribution >= 0.6 is 0 Å². The summed E-state index contributed by atoms with van der Waals surface area (Å²) >= 11 is 0. The molecule has 0 saturated carbocycles. The van der Waals surface area contributed by atoms with E-state index in [1.165, 1.54) is 0 Å². The summed E-state index contributed by atoms with van der Waals surface area (Å²) in [5.74, 6) is -0.288. The molecule has 5 nitrogen and oxygen atoms in total. The fraction of sp³-hybridized carbons (Fsp3) is 0.286. The topological polar surface area (TPSA) is 55.2 Å². The molecular weight excluding hydrogens is 326 g/mol. The average molecular weight is 347 g/mol. The van der Waals surface area contributed by atoms with Crippen molar-refractivity contribution in [1.82, 2.24) is 9.55 Å². The zero-order valence-electron chi connectivity index (χ0n) is 15.0. The molecule has 5 heteroatoms. The highest BCUT2D eigenvalue weighted by molar-refractivity contribution is 6.05. The summed E-state index contributed by atoms with van der Waals surface area (Å²) in [7, 11) is 1.75. The van der Waals surface area contributed by atoms with Gasteiger partial charge in [0.2, 0.25) is 5.91 Å². The van der Waals surface area contributed by atoms with Gasteiger partial charge in [-0.2, -0.15) is 0 Å². The fourth-order valence-corrected chi connectivity index (χ4v) is 3.78. The Morgan fingerprint density at radius 3 is 2.58 bits per heavy atom. The third kappa shape index (κ3) is 2.51. The third-order valence-electron chi connectivity index (χ3n) is 5.06. The van der Waals surface area contributed by atoms with Crippen LogP contribution in [0.4, 0.5) is 5.69 Å². The number of hydrogen-bond donors (Lipinski definition) is 0. The first kappa shape index (κ1) is 16.5. The molecule has 4 rings (SSSR count). The number of carbonyl (C=O) groups excluding carboxylic acids is 1. The lowest BCUT2D eigenvalue weighted by Crippen LogP contribution is -2.32. The molecule has 2 heterocycles. The van der Waals surface area contributed by atoms with Gasteiger partial charge in [0, 0.05) is 25.7 Å². The Kier molecular flexibility index (Phi) is 4.07. The summed E-state index contributed by atoms with van der Waals surface area (Å²) in [6.07, 6.45) is 1.22. The van der Waals surface area contributed by atoms with Gasteiger partial charge in [-0.05, 0) is 30.2 Å². The van der Waals surface area contributed by atoms with E-state index in [2.05, 4.69) is 11.9 Å². The molecule has 0 spiro atoms. The zero-order valence-corrected chi connectivity index (χ0v) is 15.0. The number of aromatic nitrogens is 2. The minimum atomic E-state index is -0.348. The number of hydrogen-bond acceptors (Lipinski definition) is 3. The van der Waals surface area contributed by atoms with Crippen LogP contribution in [-0.4, -0.2) is 22.0 Å². The number of para-hydroxylation sites is 3. The number of aryl methyl sites for hydroxylation is 1. The molecule has 2 aromatic carbocycles. The van der Waals surface area contributed by atoms with E-state index in [1.54, 1.807) is 11.6 Å². The molecule has 0 fully saturated rings. The number of carbonyl (C=O) groups is 1. The molecule has 1 amide bonds. The van der Waals surface area contributed by atoms with E-state index < -0.39 is 0 Å². The van der Waals surface area contributed by atoms with E-state index in [4.69, 9.17) is 0 Å². The molecule has 1 aliphatic heterocycles. The molecule has 26 heavy (non-hydrogen) atoms. The quantitative estimate of drug-likeness (QED) is 0.729. The van der Waals surface area contributed by atoms with Crippen LogP contribution in [0.5, 0.6) is 0 Å². The van der Waals surface area contributed by atoms with Crippen LogP contribution in [0, 0.1) is 0 Å². The predicted molar refractivity (Wildman–Crippen MR) is 103 cm³/mol.